The number of hydrogen-bond acceptors (Lipinski definition) is 3. The van der Waals surface area contributed by atoms with Crippen molar-refractivity contribution < 1.29 is 9.18 Å². The van der Waals surface area contributed by atoms with Crippen LogP contribution in [0, 0.1) is 12.7 Å². The molecule has 1 aliphatic heterocycles. The molecule has 4 nitrogen and oxygen atoms in total. The molecular weight excluding hydrogens is 245 g/mol. The van der Waals surface area contributed by atoms with Crippen LogP contribution in [0.2, 0.25) is 0 Å². The minimum Gasteiger partial charge on any atom is -0.372 e. The van der Waals surface area contributed by atoms with E-state index in [-0.39, 0.29) is 11.7 Å². The van der Waals surface area contributed by atoms with Crippen molar-refractivity contribution in [2.75, 3.05) is 5.32 Å². The highest BCUT2D eigenvalue weighted by Crippen LogP contribution is 2.33. The van der Waals surface area contributed by atoms with Crippen LogP contribution in [0.15, 0.2) is 17.2 Å². The summed E-state index contributed by atoms with van der Waals surface area (Å²) in [6, 6.07) is 3.22. The predicted molar refractivity (Wildman–Crippen MR) is 73.8 cm³/mol. The van der Waals surface area contributed by atoms with Crippen LogP contribution in [-0.2, 0) is 11.2 Å². The number of benzene rings is 1. The highest BCUT2D eigenvalue weighted by Gasteiger charge is 2.33. The molecule has 0 saturated carbocycles. The maximum atomic E-state index is 13.9. The molecule has 1 aromatic carbocycles. The molecule has 2 N–H and O–H groups in total. The highest BCUT2D eigenvalue weighted by molar-refractivity contribution is 6.01. The fourth-order valence-electron chi connectivity index (χ4n) is 2.18. The van der Waals surface area contributed by atoms with Crippen molar-refractivity contribution in [2.45, 2.75) is 39.7 Å². The topological polar surface area (TPSA) is 53.5 Å². The lowest BCUT2D eigenvalue weighted by Gasteiger charge is -2.36. The van der Waals surface area contributed by atoms with Gasteiger partial charge >= 0.3 is 0 Å². The molecule has 0 aromatic heterocycles. The second kappa shape index (κ2) is 4.64. The minimum atomic E-state index is -0.496. The first kappa shape index (κ1) is 13.5. The standard InChI is InChI=1S/C14H18FN3O/c1-8-5-6-11(15)13-10(8)7-12(14(3,4)16-13)18-17-9(2)19/h5-6,16H,7H2,1-4H3,(H,17,19)/b18-12+. The zero-order valence-corrected chi connectivity index (χ0v) is 11.6. The number of anilines is 1. The molecule has 0 aliphatic carbocycles. The van der Waals surface area contributed by atoms with Crippen molar-refractivity contribution in [3.63, 3.8) is 0 Å². The summed E-state index contributed by atoms with van der Waals surface area (Å²) >= 11 is 0. The van der Waals surface area contributed by atoms with Gasteiger partial charge in [-0.1, -0.05) is 6.07 Å². The maximum Gasteiger partial charge on any atom is 0.236 e. The van der Waals surface area contributed by atoms with Crippen LogP contribution >= 0.6 is 0 Å². The molecule has 19 heavy (non-hydrogen) atoms. The van der Waals surface area contributed by atoms with Gasteiger partial charge in [0.2, 0.25) is 5.91 Å². The molecule has 0 atom stereocenters. The normalized spacial score (nSPS) is 18.7. The summed E-state index contributed by atoms with van der Waals surface area (Å²) in [7, 11) is 0. The Bertz CT molecular complexity index is 564. The smallest absolute Gasteiger partial charge is 0.236 e. The average molecular weight is 263 g/mol. The third-order valence-corrected chi connectivity index (χ3v) is 3.35. The number of nitrogens with zero attached hydrogens (tertiary/aromatic N) is 1. The zero-order chi connectivity index (χ0) is 14.2. The van der Waals surface area contributed by atoms with Gasteiger partial charge in [-0.3, -0.25) is 4.79 Å². The Labute approximate surface area is 112 Å². The Morgan fingerprint density at radius 3 is 2.79 bits per heavy atom. The molecule has 102 valence electrons. The van der Waals surface area contributed by atoms with E-state index in [9.17, 15) is 9.18 Å². The van der Waals surface area contributed by atoms with Gasteiger partial charge in [-0.25, -0.2) is 9.82 Å². The van der Waals surface area contributed by atoms with Crippen LogP contribution in [0.3, 0.4) is 0 Å². The van der Waals surface area contributed by atoms with Gasteiger partial charge in [0.15, 0.2) is 0 Å². The van der Waals surface area contributed by atoms with E-state index in [2.05, 4.69) is 15.8 Å². The van der Waals surface area contributed by atoms with Gasteiger partial charge in [-0.05, 0) is 38.0 Å². The molecule has 5 heteroatoms. The molecular formula is C14H18FN3O. The van der Waals surface area contributed by atoms with Crippen LogP contribution in [-0.4, -0.2) is 17.2 Å². The van der Waals surface area contributed by atoms with Crippen molar-refractivity contribution in [2.24, 2.45) is 5.10 Å². The predicted octanol–water partition coefficient (Wildman–Crippen LogP) is 2.37. The number of hydrazone groups is 1. The SMILES string of the molecule is CC(=O)N/N=C1\Cc2c(C)ccc(F)c2NC1(C)C. The summed E-state index contributed by atoms with van der Waals surface area (Å²) in [6.07, 6.45) is 0.527. The Morgan fingerprint density at radius 1 is 1.47 bits per heavy atom. The van der Waals surface area contributed by atoms with Gasteiger partial charge in [0.1, 0.15) is 5.82 Å². The lowest BCUT2D eigenvalue weighted by molar-refractivity contribution is -0.118. The van der Waals surface area contributed by atoms with E-state index in [1.807, 2.05) is 20.8 Å². The van der Waals surface area contributed by atoms with Crippen LogP contribution in [0.4, 0.5) is 10.1 Å². The van der Waals surface area contributed by atoms with E-state index in [0.717, 1.165) is 16.8 Å². The lowest BCUT2D eigenvalue weighted by Crippen LogP contribution is -2.46. The molecule has 0 saturated heterocycles. The van der Waals surface area contributed by atoms with Gasteiger partial charge in [0.05, 0.1) is 16.9 Å². The second-order valence-corrected chi connectivity index (χ2v) is 5.37. The summed E-state index contributed by atoms with van der Waals surface area (Å²) < 4.78 is 13.9. The summed E-state index contributed by atoms with van der Waals surface area (Å²) in [5.74, 6) is -0.475. The monoisotopic (exact) mass is 263 g/mol. The number of hydrogen-bond donors (Lipinski definition) is 2. The summed E-state index contributed by atoms with van der Waals surface area (Å²) in [5.41, 5.74) is 5.17. The van der Waals surface area contributed by atoms with Crippen molar-refractivity contribution in [3.8, 4) is 0 Å². The van der Waals surface area contributed by atoms with Crippen molar-refractivity contribution in [1.29, 1.82) is 0 Å². The van der Waals surface area contributed by atoms with Gasteiger partial charge in [0.25, 0.3) is 0 Å². The number of amides is 1. The molecule has 0 unspecified atom stereocenters. The van der Waals surface area contributed by atoms with Crippen LogP contribution in [0.5, 0.6) is 0 Å². The quantitative estimate of drug-likeness (QED) is 0.764. The number of aryl methyl sites for hydroxylation is 1. The lowest BCUT2D eigenvalue weighted by atomic mass is 9.85. The summed E-state index contributed by atoms with van der Waals surface area (Å²) in [5, 5.41) is 7.30. The summed E-state index contributed by atoms with van der Waals surface area (Å²) in [6.45, 7) is 7.18. The second-order valence-electron chi connectivity index (χ2n) is 5.37. The largest absolute Gasteiger partial charge is 0.372 e. The Balaban J connectivity index is 2.45. The molecule has 0 fully saturated rings. The van der Waals surface area contributed by atoms with E-state index >= 15 is 0 Å². The van der Waals surface area contributed by atoms with E-state index in [0.29, 0.717) is 12.1 Å². The third kappa shape index (κ3) is 2.59. The Morgan fingerprint density at radius 2 is 2.16 bits per heavy atom. The van der Waals surface area contributed by atoms with Gasteiger partial charge in [-0.2, -0.15) is 5.10 Å². The number of halogens is 1. The minimum absolute atomic E-state index is 0.218. The van der Waals surface area contributed by atoms with E-state index in [1.165, 1.54) is 13.0 Å². The van der Waals surface area contributed by atoms with Crippen LogP contribution in [0.1, 0.15) is 31.9 Å². The van der Waals surface area contributed by atoms with Crippen molar-refractivity contribution in [1.82, 2.24) is 5.43 Å². The fourth-order valence-corrected chi connectivity index (χ4v) is 2.18. The number of rotatable bonds is 1. The molecule has 0 bridgehead atoms. The number of fused-ring (bicyclic) bond motifs is 1. The number of carbonyl (C=O) groups is 1. The molecule has 2 rings (SSSR count). The fraction of sp³-hybridized carbons (Fsp3) is 0.429. The molecule has 1 aromatic rings. The molecule has 0 radical (unpaired) electrons. The zero-order valence-electron chi connectivity index (χ0n) is 11.6. The van der Waals surface area contributed by atoms with E-state index < -0.39 is 5.54 Å². The molecule has 1 heterocycles. The molecule has 0 spiro atoms. The van der Waals surface area contributed by atoms with Gasteiger partial charge in [0, 0.05) is 13.3 Å². The van der Waals surface area contributed by atoms with Crippen molar-refractivity contribution >= 4 is 17.3 Å². The highest BCUT2D eigenvalue weighted by atomic mass is 19.1. The average Bonchev–Trinajstić information content (AvgIpc) is 2.31. The Hall–Kier alpha value is -1.91. The maximum absolute atomic E-state index is 13.9. The Kier molecular flexibility index (Phi) is 3.30. The molecule has 1 amide bonds. The van der Waals surface area contributed by atoms with Gasteiger partial charge < -0.3 is 5.32 Å². The summed E-state index contributed by atoms with van der Waals surface area (Å²) in [4.78, 5) is 11.0. The first-order chi connectivity index (χ1) is 8.81. The van der Waals surface area contributed by atoms with E-state index in [1.54, 1.807) is 6.07 Å². The number of nitrogens with one attached hydrogen (secondary N) is 2. The number of carbonyl (C=O) groups excluding carboxylic acids is 1. The van der Waals surface area contributed by atoms with E-state index in [4.69, 9.17) is 0 Å². The first-order valence-electron chi connectivity index (χ1n) is 6.21. The van der Waals surface area contributed by atoms with Crippen LogP contribution in [0.25, 0.3) is 0 Å². The first-order valence-corrected chi connectivity index (χ1v) is 6.21. The van der Waals surface area contributed by atoms with Gasteiger partial charge in [-0.15, -0.1) is 0 Å². The van der Waals surface area contributed by atoms with Crippen molar-refractivity contribution in [3.05, 3.63) is 29.1 Å². The molecule has 1 aliphatic rings. The third-order valence-electron chi connectivity index (χ3n) is 3.35. The van der Waals surface area contributed by atoms with Crippen LogP contribution < -0.4 is 10.7 Å².